The largest absolute Gasteiger partial charge is 0.454 e. The summed E-state index contributed by atoms with van der Waals surface area (Å²) in [5.74, 6) is 1.34. The molecule has 1 aliphatic rings. The maximum absolute atomic E-state index is 12.7. The number of fused-ring (bicyclic) bond motifs is 2. The van der Waals surface area contributed by atoms with Crippen molar-refractivity contribution in [2.75, 3.05) is 6.79 Å². The third-order valence-electron chi connectivity index (χ3n) is 4.73. The van der Waals surface area contributed by atoms with Crippen molar-refractivity contribution in [3.05, 3.63) is 69.1 Å². The minimum atomic E-state index is -0.106. The molecule has 0 fully saturated rings. The van der Waals surface area contributed by atoms with Crippen molar-refractivity contribution >= 4 is 43.4 Å². The predicted octanol–water partition coefficient (Wildman–Crippen LogP) is 4.82. The molecule has 0 unspecified atom stereocenters. The van der Waals surface area contributed by atoms with E-state index in [2.05, 4.69) is 26.3 Å². The number of halogens is 1. The highest BCUT2D eigenvalue weighted by Gasteiger charge is 2.18. The molecule has 3 heterocycles. The van der Waals surface area contributed by atoms with Crippen LogP contribution in [0.4, 0.5) is 0 Å². The van der Waals surface area contributed by atoms with E-state index in [0.717, 1.165) is 37.4 Å². The van der Waals surface area contributed by atoms with Crippen LogP contribution in [0.1, 0.15) is 20.9 Å². The molecule has 0 saturated heterocycles. The molecular formula is C21H16BrN3O3S. The number of rotatable bonds is 4. The standard InChI is InChI=1S/C21H16BrN3O3S/c1-12-16-9-19(29-21(16)25(24-12)15-5-3-14(22)4-6-15)20(26)23-10-13-2-7-17-18(8-13)28-11-27-17/h2-9H,10-11H2,1H3,(H,23,26). The first kappa shape index (κ1) is 18.2. The van der Waals surface area contributed by atoms with Crippen LogP contribution in [-0.2, 0) is 6.54 Å². The maximum atomic E-state index is 12.7. The smallest absolute Gasteiger partial charge is 0.261 e. The molecule has 0 spiro atoms. The van der Waals surface area contributed by atoms with E-state index in [-0.39, 0.29) is 12.7 Å². The molecule has 146 valence electrons. The molecule has 29 heavy (non-hydrogen) atoms. The lowest BCUT2D eigenvalue weighted by Gasteiger charge is -2.05. The number of thiophene rings is 1. The number of aryl methyl sites for hydroxylation is 1. The van der Waals surface area contributed by atoms with E-state index in [1.54, 1.807) is 0 Å². The first-order valence-corrected chi connectivity index (χ1v) is 10.6. The summed E-state index contributed by atoms with van der Waals surface area (Å²) in [6.07, 6.45) is 0. The van der Waals surface area contributed by atoms with E-state index in [1.165, 1.54) is 11.3 Å². The van der Waals surface area contributed by atoms with E-state index in [9.17, 15) is 4.79 Å². The number of aromatic nitrogens is 2. The fourth-order valence-corrected chi connectivity index (χ4v) is 4.60. The van der Waals surface area contributed by atoms with Gasteiger partial charge in [0.05, 0.1) is 16.3 Å². The highest BCUT2D eigenvalue weighted by atomic mass is 79.9. The molecular weight excluding hydrogens is 454 g/mol. The Bertz CT molecular complexity index is 1230. The van der Waals surface area contributed by atoms with E-state index in [0.29, 0.717) is 17.2 Å². The Morgan fingerprint density at radius 1 is 1.17 bits per heavy atom. The molecule has 8 heteroatoms. The number of ether oxygens (including phenoxy) is 2. The van der Waals surface area contributed by atoms with Crippen molar-refractivity contribution in [2.45, 2.75) is 13.5 Å². The average molecular weight is 470 g/mol. The molecule has 0 saturated carbocycles. The fraction of sp³-hybridized carbons (Fsp3) is 0.143. The first-order chi connectivity index (χ1) is 14.1. The minimum Gasteiger partial charge on any atom is -0.454 e. The molecule has 0 atom stereocenters. The zero-order valence-electron chi connectivity index (χ0n) is 15.4. The SMILES string of the molecule is Cc1nn(-c2ccc(Br)cc2)c2sc(C(=O)NCc3ccc4c(c3)OCO4)cc12. The van der Waals surface area contributed by atoms with Gasteiger partial charge in [0.25, 0.3) is 5.91 Å². The Hall–Kier alpha value is -2.84. The van der Waals surface area contributed by atoms with E-state index < -0.39 is 0 Å². The number of nitrogens with zero attached hydrogens (tertiary/aromatic N) is 2. The van der Waals surface area contributed by atoms with Gasteiger partial charge in [-0.15, -0.1) is 11.3 Å². The molecule has 0 aliphatic carbocycles. The molecule has 5 rings (SSSR count). The summed E-state index contributed by atoms with van der Waals surface area (Å²) >= 11 is 4.89. The van der Waals surface area contributed by atoms with Gasteiger partial charge in [-0.05, 0) is 55.0 Å². The number of nitrogens with one attached hydrogen (secondary N) is 1. The predicted molar refractivity (Wildman–Crippen MR) is 115 cm³/mol. The normalized spacial score (nSPS) is 12.5. The van der Waals surface area contributed by atoms with Crippen LogP contribution >= 0.6 is 27.3 Å². The summed E-state index contributed by atoms with van der Waals surface area (Å²) in [7, 11) is 0. The number of carbonyl (C=O) groups is 1. The number of hydrogen-bond acceptors (Lipinski definition) is 5. The van der Waals surface area contributed by atoms with Crippen molar-refractivity contribution in [1.29, 1.82) is 0 Å². The summed E-state index contributed by atoms with van der Waals surface area (Å²) in [5.41, 5.74) is 2.82. The number of amides is 1. The summed E-state index contributed by atoms with van der Waals surface area (Å²) in [5, 5.41) is 8.61. The van der Waals surface area contributed by atoms with Crippen LogP contribution in [0.2, 0.25) is 0 Å². The van der Waals surface area contributed by atoms with Gasteiger partial charge in [-0.3, -0.25) is 4.79 Å². The molecule has 1 amide bonds. The van der Waals surface area contributed by atoms with Crippen molar-refractivity contribution < 1.29 is 14.3 Å². The Balaban J connectivity index is 1.38. The lowest BCUT2D eigenvalue weighted by molar-refractivity contribution is 0.0955. The fourth-order valence-electron chi connectivity index (χ4n) is 3.24. The van der Waals surface area contributed by atoms with Crippen LogP contribution in [0.25, 0.3) is 15.9 Å². The topological polar surface area (TPSA) is 65.4 Å². The van der Waals surface area contributed by atoms with Gasteiger partial charge in [0, 0.05) is 16.4 Å². The maximum Gasteiger partial charge on any atom is 0.261 e. The van der Waals surface area contributed by atoms with Gasteiger partial charge in [0.1, 0.15) is 4.83 Å². The molecule has 2 aromatic carbocycles. The summed E-state index contributed by atoms with van der Waals surface area (Å²) in [6.45, 7) is 2.61. The Morgan fingerprint density at radius 2 is 1.97 bits per heavy atom. The van der Waals surface area contributed by atoms with E-state index in [4.69, 9.17) is 9.47 Å². The summed E-state index contributed by atoms with van der Waals surface area (Å²) in [6, 6.07) is 15.5. The molecule has 2 aromatic heterocycles. The van der Waals surface area contributed by atoms with E-state index in [1.807, 2.05) is 60.1 Å². The molecule has 6 nitrogen and oxygen atoms in total. The van der Waals surface area contributed by atoms with Crippen LogP contribution in [0, 0.1) is 6.92 Å². The van der Waals surface area contributed by atoms with Gasteiger partial charge >= 0.3 is 0 Å². The molecule has 1 N–H and O–H groups in total. The average Bonchev–Trinajstić information content (AvgIpc) is 3.43. The Labute approximate surface area is 179 Å². The van der Waals surface area contributed by atoms with Crippen LogP contribution in [0.15, 0.2) is 53.0 Å². The van der Waals surface area contributed by atoms with Crippen molar-refractivity contribution in [3.8, 4) is 17.2 Å². The van der Waals surface area contributed by atoms with E-state index >= 15 is 0 Å². The first-order valence-electron chi connectivity index (χ1n) is 9.00. The van der Waals surface area contributed by atoms with Gasteiger partial charge in [0.2, 0.25) is 6.79 Å². The molecule has 0 bridgehead atoms. The van der Waals surface area contributed by atoms with Crippen molar-refractivity contribution in [3.63, 3.8) is 0 Å². The second kappa shape index (κ2) is 7.20. The number of carbonyl (C=O) groups excluding carboxylic acids is 1. The number of benzene rings is 2. The highest BCUT2D eigenvalue weighted by Crippen LogP contribution is 2.33. The molecule has 1 aliphatic heterocycles. The number of hydrogen-bond donors (Lipinski definition) is 1. The Morgan fingerprint density at radius 3 is 2.79 bits per heavy atom. The summed E-state index contributed by atoms with van der Waals surface area (Å²) in [4.78, 5) is 14.3. The zero-order valence-corrected chi connectivity index (χ0v) is 17.8. The summed E-state index contributed by atoms with van der Waals surface area (Å²) < 4.78 is 13.6. The second-order valence-electron chi connectivity index (χ2n) is 6.67. The van der Waals surface area contributed by atoms with Gasteiger partial charge in [-0.2, -0.15) is 5.10 Å². The quantitative estimate of drug-likeness (QED) is 0.465. The molecule has 0 radical (unpaired) electrons. The third-order valence-corrected chi connectivity index (χ3v) is 6.37. The molecule has 4 aromatic rings. The van der Waals surface area contributed by atoms with Crippen LogP contribution in [0.3, 0.4) is 0 Å². The lowest BCUT2D eigenvalue weighted by Crippen LogP contribution is -2.21. The van der Waals surface area contributed by atoms with Gasteiger partial charge in [0.15, 0.2) is 11.5 Å². The highest BCUT2D eigenvalue weighted by molar-refractivity contribution is 9.10. The second-order valence-corrected chi connectivity index (χ2v) is 8.62. The Kier molecular flexibility index (Phi) is 4.52. The van der Waals surface area contributed by atoms with Crippen molar-refractivity contribution in [1.82, 2.24) is 15.1 Å². The van der Waals surface area contributed by atoms with Crippen LogP contribution in [0.5, 0.6) is 11.5 Å². The van der Waals surface area contributed by atoms with Gasteiger partial charge in [-0.1, -0.05) is 22.0 Å². The lowest BCUT2D eigenvalue weighted by atomic mass is 10.2. The minimum absolute atomic E-state index is 0.106. The van der Waals surface area contributed by atoms with Crippen LogP contribution in [-0.4, -0.2) is 22.5 Å². The van der Waals surface area contributed by atoms with Gasteiger partial charge in [-0.25, -0.2) is 4.68 Å². The van der Waals surface area contributed by atoms with Crippen LogP contribution < -0.4 is 14.8 Å². The van der Waals surface area contributed by atoms with Crippen molar-refractivity contribution in [2.24, 2.45) is 0 Å². The monoisotopic (exact) mass is 469 g/mol. The zero-order chi connectivity index (χ0) is 20.0. The third kappa shape index (κ3) is 3.38. The van der Waals surface area contributed by atoms with Gasteiger partial charge < -0.3 is 14.8 Å².